The van der Waals surface area contributed by atoms with Crippen LogP contribution in [0.4, 0.5) is 4.39 Å². The lowest BCUT2D eigenvalue weighted by molar-refractivity contribution is 0.0205. The molecule has 6 nitrogen and oxygen atoms in total. The maximum absolute atomic E-state index is 12.8. The molecule has 0 amide bonds. The van der Waals surface area contributed by atoms with Crippen molar-refractivity contribution in [3.8, 4) is 5.75 Å². The first-order valence-corrected chi connectivity index (χ1v) is 10.8. The first-order valence-electron chi connectivity index (χ1n) is 10.8. The summed E-state index contributed by atoms with van der Waals surface area (Å²) in [5, 5.41) is 6.61. The molecular weight excluding hydrogens is 500 g/mol. The summed E-state index contributed by atoms with van der Waals surface area (Å²) in [7, 11) is 0. The smallest absolute Gasteiger partial charge is 0.191 e. The van der Waals surface area contributed by atoms with E-state index in [2.05, 4.69) is 22.5 Å². The zero-order valence-electron chi connectivity index (χ0n) is 18.0. The van der Waals surface area contributed by atoms with Crippen LogP contribution in [0.25, 0.3) is 0 Å². The highest BCUT2D eigenvalue weighted by Crippen LogP contribution is 2.14. The van der Waals surface area contributed by atoms with Crippen molar-refractivity contribution in [1.82, 2.24) is 10.6 Å². The van der Waals surface area contributed by atoms with E-state index in [9.17, 15) is 4.39 Å². The molecule has 30 heavy (non-hydrogen) atoms. The summed E-state index contributed by atoms with van der Waals surface area (Å²) in [6, 6.07) is 6.12. The van der Waals surface area contributed by atoms with Crippen LogP contribution in [-0.4, -0.2) is 58.6 Å². The van der Waals surface area contributed by atoms with Crippen molar-refractivity contribution in [2.24, 2.45) is 10.9 Å². The van der Waals surface area contributed by atoms with Crippen LogP contribution in [0.3, 0.4) is 0 Å². The number of hydrogen-bond acceptors (Lipinski definition) is 4. The number of nitrogens with one attached hydrogen (secondary N) is 2. The van der Waals surface area contributed by atoms with Gasteiger partial charge in [0, 0.05) is 46.1 Å². The summed E-state index contributed by atoms with van der Waals surface area (Å²) in [5.74, 6) is 1.95. The topological polar surface area (TPSA) is 64.1 Å². The van der Waals surface area contributed by atoms with Crippen molar-refractivity contribution >= 4 is 29.9 Å². The highest BCUT2D eigenvalue weighted by molar-refractivity contribution is 14.0. The molecule has 0 spiro atoms. The molecule has 2 rings (SSSR count). The largest absolute Gasteiger partial charge is 0.494 e. The molecule has 0 radical (unpaired) electrons. The van der Waals surface area contributed by atoms with Gasteiger partial charge in [-0.1, -0.05) is 0 Å². The molecule has 1 fully saturated rings. The van der Waals surface area contributed by atoms with Crippen molar-refractivity contribution in [1.29, 1.82) is 0 Å². The summed E-state index contributed by atoms with van der Waals surface area (Å²) in [5.41, 5.74) is 0. The molecule has 0 aromatic heterocycles. The molecule has 8 heteroatoms. The van der Waals surface area contributed by atoms with Gasteiger partial charge < -0.3 is 24.8 Å². The third-order valence-corrected chi connectivity index (χ3v) is 4.70. The lowest BCUT2D eigenvalue weighted by Crippen LogP contribution is -2.38. The second-order valence-electron chi connectivity index (χ2n) is 7.18. The van der Waals surface area contributed by atoms with Crippen molar-refractivity contribution in [2.75, 3.05) is 52.7 Å². The number of unbranched alkanes of at least 4 members (excludes halogenated alkanes) is 1. The molecule has 1 aliphatic rings. The molecule has 0 aliphatic carbocycles. The van der Waals surface area contributed by atoms with Crippen LogP contribution >= 0.6 is 24.0 Å². The van der Waals surface area contributed by atoms with E-state index in [-0.39, 0.29) is 29.8 Å². The van der Waals surface area contributed by atoms with E-state index < -0.39 is 0 Å². The van der Waals surface area contributed by atoms with Crippen molar-refractivity contribution in [3.05, 3.63) is 30.1 Å². The van der Waals surface area contributed by atoms with Crippen LogP contribution in [0.15, 0.2) is 29.3 Å². The van der Waals surface area contributed by atoms with Gasteiger partial charge in [0.2, 0.25) is 0 Å². The van der Waals surface area contributed by atoms with Crippen molar-refractivity contribution in [2.45, 2.75) is 39.0 Å². The van der Waals surface area contributed by atoms with Gasteiger partial charge in [-0.2, -0.15) is 0 Å². The van der Waals surface area contributed by atoms with E-state index >= 15 is 0 Å². The van der Waals surface area contributed by atoms with Crippen LogP contribution < -0.4 is 15.4 Å². The van der Waals surface area contributed by atoms with Gasteiger partial charge in [0.15, 0.2) is 5.96 Å². The molecule has 0 atom stereocenters. The van der Waals surface area contributed by atoms with E-state index in [0.717, 1.165) is 84.1 Å². The predicted molar refractivity (Wildman–Crippen MR) is 130 cm³/mol. The summed E-state index contributed by atoms with van der Waals surface area (Å²) >= 11 is 0. The minimum absolute atomic E-state index is 0. The van der Waals surface area contributed by atoms with Crippen LogP contribution in [0.2, 0.25) is 0 Å². The Hall–Kier alpha value is -1.13. The lowest BCUT2D eigenvalue weighted by atomic mass is 10.0. The fourth-order valence-electron chi connectivity index (χ4n) is 3.02. The molecular formula is C22H37FIN3O3. The Kier molecular flexibility index (Phi) is 15.7. The molecule has 2 N–H and O–H groups in total. The number of aliphatic imine (C=N–C) groups is 1. The third kappa shape index (κ3) is 12.5. The number of ether oxygens (including phenoxy) is 3. The highest BCUT2D eigenvalue weighted by Gasteiger charge is 2.13. The fourth-order valence-corrected chi connectivity index (χ4v) is 3.02. The molecule has 1 saturated heterocycles. The maximum atomic E-state index is 12.8. The number of halogens is 2. The second-order valence-corrected chi connectivity index (χ2v) is 7.18. The average molecular weight is 537 g/mol. The van der Waals surface area contributed by atoms with Gasteiger partial charge in [0.05, 0.1) is 6.61 Å². The first kappa shape index (κ1) is 26.9. The van der Waals surface area contributed by atoms with E-state index in [1.165, 1.54) is 12.1 Å². The molecule has 172 valence electrons. The number of nitrogens with zero attached hydrogens (tertiary/aromatic N) is 1. The fraction of sp³-hybridized carbons (Fsp3) is 0.682. The first-order chi connectivity index (χ1) is 14.3. The van der Waals surface area contributed by atoms with E-state index in [1.54, 1.807) is 12.1 Å². The number of benzene rings is 1. The SMILES string of the molecule is CCNC(=NCCCOCC1CCOCC1)NCCCCOc1ccc(F)cc1.I. The summed E-state index contributed by atoms with van der Waals surface area (Å²) in [4.78, 5) is 4.60. The Labute approximate surface area is 197 Å². The van der Waals surface area contributed by atoms with Crippen LogP contribution in [0.1, 0.15) is 39.0 Å². The number of rotatable bonds is 13. The third-order valence-electron chi connectivity index (χ3n) is 4.70. The number of hydrogen-bond donors (Lipinski definition) is 2. The Bertz CT molecular complexity index is 569. The zero-order chi connectivity index (χ0) is 20.6. The van der Waals surface area contributed by atoms with Gasteiger partial charge in [0.1, 0.15) is 11.6 Å². The summed E-state index contributed by atoms with van der Waals surface area (Å²) in [6.45, 7) is 8.42. The monoisotopic (exact) mass is 537 g/mol. The quantitative estimate of drug-likeness (QED) is 0.173. The highest BCUT2D eigenvalue weighted by atomic mass is 127. The van der Waals surface area contributed by atoms with Gasteiger partial charge in [-0.15, -0.1) is 24.0 Å². The van der Waals surface area contributed by atoms with E-state index in [4.69, 9.17) is 14.2 Å². The Morgan fingerprint density at radius 3 is 2.60 bits per heavy atom. The second kappa shape index (κ2) is 17.5. The van der Waals surface area contributed by atoms with Gasteiger partial charge in [-0.25, -0.2) is 4.39 Å². The standard InChI is InChI=1S/C22H36FN3O3.HI/c1-2-24-22(26-13-5-14-28-18-19-10-16-27-17-11-19)25-12-3-4-15-29-21-8-6-20(23)7-9-21;/h6-9,19H,2-5,10-18H2,1H3,(H2,24,25,26);1H. The summed E-state index contributed by atoms with van der Waals surface area (Å²) in [6.07, 6.45) is 5.04. The van der Waals surface area contributed by atoms with Crippen LogP contribution in [0, 0.1) is 11.7 Å². The van der Waals surface area contributed by atoms with Crippen molar-refractivity contribution < 1.29 is 18.6 Å². The number of guanidine groups is 1. The predicted octanol–water partition coefficient (Wildman–Crippen LogP) is 3.99. The molecule has 1 heterocycles. The van der Waals surface area contributed by atoms with Gasteiger partial charge in [0.25, 0.3) is 0 Å². The van der Waals surface area contributed by atoms with Crippen LogP contribution in [-0.2, 0) is 9.47 Å². The van der Waals surface area contributed by atoms with E-state index in [1.807, 2.05) is 0 Å². The molecule has 0 bridgehead atoms. The molecule has 1 aliphatic heterocycles. The zero-order valence-corrected chi connectivity index (χ0v) is 20.4. The molecule has 0 unspecified atom stereocenters. The molecule has 0 saturated carbocycles. The van der Waals surface area contributed by atoms with Gasteiger partial charge in [-0.3, -0.25) is 4.99 Å². The Balaban J connectivity index is 0.00000450. The van der Waals surface area contributed by atoms with Gasteiger partial charge >= 0.3 is 0 Å². The summed E-state index contributed by atoms with van der Waals surface area (Å²) < 4.78 is 29.6. The Morgan fingerprint density at radius 2 is 1.87 bits per heavy atom. The molecule has 1 aromatic rings. The van der Waals surface area contributed by atoms with E-state index in [0.29, 0.717) is 18.3 Å². The lowest BCUT2D eigenvalue weighted by Gasteiger charge is -2.21. The van der Waals surface area contributed by atoms with Crippen molar-refractivity contribution in [3.63, 3.8) is 0 Å². The Morgan fingerprint density at radius 1 is 1.10 bits per heavy atom. The van der Waals surface area contributed by atoms with Crippen LogP contribution in [0.5, 0.6) is 5.75 Å². The maximum Gasteiger partial charge on any atom is 0.191 e. The average Bonchev–Trinajstić information content (AvgIpc) is 2.75. The minimum atomic E-state index is -0.248. The minimum Gasteiger partial charge on any atom is -0.494 e. The van der Waals surface area contributed by atoms with Gasteiger partial charge in [-0.05, 0) is 69.2 Å². The normalized spacial score (nSPS) is 14.8. The molecule has 1 aromatic carbocycles.